The van der Waals surface area contributed by atoms with Crippen LogP contribution in [0.15, 0.2) is 29.4 Å². The zero-order valence-corrected chi connectivity index (χ0v) is 14.8. The standard InChI is InChI=1S/C19H15F3N4O2/c1-10-6-12(19(20,21)22)7-15(27)17(10)14-4-2-11-9-26(25-18(11)24-14)13-3-5-16(28)23-8-13/h2,4,6-7,9H,3,5,8H2,1H3,(H-,23,24,25,27,28)/p+1/b26-13-. The number of hydrogen-bond donors (Lipinski definition) is 2. The summed E-state index contributed by atoms with van der Waals surface area (Å²) in [5.41, 5.74) is 1.26. The van der Waals surface area contributed by atoms with E-state index in [-0.39, 0.29) is 17.0 Å². The third-order valence-electron chi connectivity index (χ3n) is 4.72. The molecule has 28 heavy (non-hydrogen) atoms. The number of rotatable bonds is 1. The Bertz CT molecular complexity index is 1120. The molecule has 0 bridgehead atoms. The van der Waals surface area contributed by atoms with Crippen molar-refractivity contribution in [2.75, 3.05) is 6.54 Å². The molecule has 1 amide bonds. The molecule has 2 N–H and O–H groups in total. The number of amides is 1. The van der Waals surface area contributed by atoms with Crippen LogP contribution in [0.1, 0.15) is 24.0 Å². The minimum absolute atomic E-state index is 0.00544. The van der Waals surface area contributed by atoms with Crippen molar-refractivity contribution in [3.05, 3.63) is 46.1 Å². The van der Waals surface area contributed by atoms with E-state index < -0.39 is 17.5 Å². The van der Waals surface area contributed by atoms with Gasteiger partial charge in [0.25, 0.3) is 0 Å². The average molecular weight is 389 g/mol. The second kappa shape index (κ2) is 6.43. The molecule has 1 aromatic carbocycles. The van der Waals surface area contributed by atoms with Crippen LogP contribution in [-0.2, 0) is 11.0 Å². The molecule has 0 atom stereocenters. The van der Waals surface area contributed by atoms with Gasteiger partial charge in [0, 0.05) is 23.5 Å². The lowest BCUT2D eigenvalue weighted by molar-refractivity contribution is -0.429. The van der Waals surface area contributed by atoms with Gasteiger partial charge in [-0.15, -0.1) is 0 Å². The second-order valence-corrected chi connectivity index (χ2v) is 6.71. The molecule has 2 aliphatic heterocycles. The number of aryl methyl sites for hydroxylation is 1. The van der Waals surface area contributed by atoms with E-state index in [0.717, 1.165) is 17.0 Å². The van der Waals surface area contributed by atoms with Gasteiger partial charge in [0.2, 0.25) is 23.3 Å². The topological polar surface area (TPSA) is 77.6 Å². The van der Waals surface area contributed by atoms with Crippen molar-refractivity contribution in [3.63, 3.8) is 0 Å². The number of fused-ring (bicyclic) bond motifs is 1. The second-order valence-electron chi connectivity index (χ2n) is 6.71. The zero-order valence-electron chi connectivity index (χ0n) is 14.8. The number of aromatic nitrogens is 1. The first-order chi connectivity index (χ1) is 13.2. The monoisotopic (exact) mass is 389 g/mol. The summed E-state index contributed by atoms with van der Waals surface area (Å²) in [6.07, 6.45) is -1.77. The normalized spacial score (nSPS) is 18.9. The minimum atomic E-state index is -4.54. The fraction of sp³-hybridized carbons (Fsp3) is 0.263. The Morgan fingerprint density at radius 1 is 1.21 bits per heavy atom. The van der Waals surface area contributed by atoms with Crippen molar-refractivity contribution in [2.24, 2.45) is 5.10 Å². The summed E-state index contributed by atoms with van der Waals surface area (Å²) in [5.74, 6) is -0.489. The van der Waals surface area contributed by atoms with Gasteiger partial charge in [-0.1, -0.05) is 4.68 Å². The van der Waals surface area contributed by atoms with E-state index in [1.807, 2.05) is 0 Å². The van der Waals surface area contributed by atoms with E-state index in [9.17, 15) is 23.1 Å². The van der Waals surface area contributed by atoms with Crippen molar-refractivity contribution in [1.29, 1.82) is 0 Å². The molecule has 0 radical (unpaired) electrons. The van der Waals surface area contributed by atoms with Crippen LogP contribution in [-0.4, -0.2) is 32.9 Å². The van der Waals surface area contributed by atoms with E-state index in [1.54, 1.807) is 23.0 Å². The first-order valence-electron chi connectivity index (χ1n) is 8.62. The number of aromatic hydroxyl groups is 1. The molecule has 2 aromatic rings. The maximum absolute atomic E-state index is 12.9. The summed E-state index contributed by atoms with van der Waals surface area (Å²) in [4.78, 5) is 15.7. The van der Waals surface area contributed by atoms with Gasteiger partial charge in [-0.3, -0.25) is 4.79 Å². The van der Waals surface area contributed by atoms with E-state index in [2.05, 4.69) is 15.4 Å². The van der Waals surface area contributed by atoms with Crippen LogP contribution in [0.25, 0.3) is 17.5 Å². The van der Waals surface area contributed by atoms with Gasteiger partial charge in [-0.05, 0) is 36.8 Å². The van der Waals surface area contributed by atoms with Crippen LogP contribution < -0.4 is 16.0 Å². The minimum Gasteiger partial charge on any atom is -0.507 e. The average Bonchev–Trinajstić information content (AvgIpc) is 3.04. The number of nitrogens with one attached hydrogen (secondary N) is 1. The molecule has 6 nitrogen and oxygen atoms in total. The third-order valence-corrected chi connectivity index (χ3v) is 4.72. The number of piperidine rings is 1. The molecule has 0 aliphatic carbocycles. The highest BCUT2D eigenvalue weighted by Gasteiger charge is 2.32. The maximum atomic E-state index is 12.9. The summed E-state index contributed by atoms with van der Waals surface area (Å²) < 4.78 is 40.4. The fourth-order valence-electron chi connectivity index (χ4n) is 3.30. The van der Waals surface area contributed by atoms with Crippen molar-refractivity contribution in [2.45, 2.75) is 25.9 Å². The first kappa shape index (κ1) is 18.1. The third kappa shape index (κ3) is 3.23. The van der Waals surface area contributed by atoms with Gasteiger partial charge in [-0.2, -0.15) is 13.2 Å². The van der Waals surface area contributed by atoms with Crippen LogP contribution in [0.3, 0.4) is 0 Å². The lowest BCUT2D eigenvalue weighted by atomic mass is 10.0. The number of nitrogens with zero attached hydrogens (tertiary/aromatic N) is 3. The summed E-state index contributed by atoms with van der Waals surface area (Å²) in [6.45, 7) is 1.90. The zero-order chi connectivity index (χ0) is 20.1. The Hall–Kier alpha value is -3.23. The summed E-state index contributed by atoms with van der Waals surface area (Å²) >= 11 is 0. The molecular weight excluding hydrogens is 373 g/mol. The summed E-state index contributed by atoms with van der Waals surface area (Å²) in [5, 5.41) is 18.1. The number of carbonyl (C=O) groups excluding carboxylic acids is 1. The van der Waals surface area contributed by atoms with Crippen LogP contribution in [0.4, 0.5) is 13.2 Å². The van der Waals surface area contributed by atoms with Crippen LogP contribution >= 0.6 is 0 Å². The Morgan fingerprint density at radius 2 is 2.00 bits per heavy atom. The molecule has 1 aromatic heterocycles. The van der Waals surface area contributed by atoms with Crippen LogP contribution in [0, 0.1) is 6.92 Å². The Balaban J connectivity index is 1.76. The van der Waals surface area contributed by atoms with Gasteiger partial charge in [0.05, 0.1) is 16.5 Å². The predicted octanol–water partition coefficient (Wildman–Crippen LogP) is 1.43. The predicted molar refractivity (Wildman–Crippen MR) is 93.8 cm³/mol. The number of halogens is 3. The number of pyridine rings is 1. The number of benzene rings is 1. The van der Waals surface area contributed by atoms with Crippen molar-refractivity contribution in [1.82, 2.24) is 10.3 Å². The Morgan fingerprint density at radius 3 is 2.64 bits per heavy atom. The van der Waals surface area contributed by atoms with Crippen molar-refractivity contribution in [3.8, 4) is 17.0 Å². The Kier molecular flexibility index (Phi) is 4.17. The molecule has 9 heteroatoms. The molecule has 0 unspecified atom stereocenters. The number of hydrogen-bond acceptors (Lipinski definition) is 4. The van der Waals surface area contributed by atoms with E-state index >= 15 is 0 Å². The molecule has 4 rings (SSSR count). The SMILES string of the molecule is Cc1cc(C(F)(F)F)cc(O)c1-c1ccc2c(n1)=N/[N+](=C1/CCC(=O)NC1)C=2. The maximum Gasteiger partial charge on any atom is 0.416 e. The number of phenolic OH excluding ortho intramolecular Hbond substituents is 1. The summed E-state index contributed by atoms with van der Waals surface area (Å²) in [6, 6.07) is 5.07. The van der Waals surface area contributed by atoms with Crippen LogP contribution in [0.2, 0.25) is 0 Å². The van der Waals surface area contributed by atoms with E-state index in [1.165, 1.54) is 6.92 Å². The molecule has 3 heterocycles. The van der Waals surface area contributed by atoms with Crippen LogP contribution in [0.5, 0.6) is 5.75 Å². The van der Waals surface area contributed by atoms with Gasteiger partial charge in [0.1, 0.15) is 12.3 Å². The lowest BCUT2D eigenvalue weighted by Crippen LogP contribution is -2.37. The fourth-order valence-corrected chi connectivity index (χ4v) is 3.30. The van der Waals surface area contributed by atoms with Gasteiger partial charge >= 0.3 is 6.18 Å². The van der Waals surface area contributed by atoms with Gasteiger partial charge in [0.15, 0.2) is 0 Å². The van der Waals surface area contributed by atoms with Crippen molar-refractivity contribution >= 4 is 17.8 Å². The van der Waals surface area contributed by atoms with E-state index in [0.29, 0.717) is 36.6 Å². The molecule has 1 fully saturated rings. The van der Waals surface area contributed by atoms with Gasteiger partial charge < -0.3 is 10.4 Å². The van der Waals surface area contributed by atoms with E-state index in [4.69, 9.17) is 0 Å². The summed E-state index contributed by atoms with van der Waals surface area (Å²) in [7, 11) is 0. The number of phenols is 1. The number of carbonyl (C=O) groups is 1. The molecule has 0 saturated carbocycles. The highest BCUT2D eigenvalue weighted by Crippen LogP contribution is 2.38. The first-order valence-corrected chi connectivity index (χ1v) is 8.62. The Labute approximate surface area is 157 Å². The quantitative estimate of drug-likeness (QED) is 0.725. The highest BCUT2D eigenvalue weighted by molar-refractivity contribution is 5.93. The highest BCUT2D eigenvalue weighted by atomic mass is 19.4. The molecular formula is C19H16F3N4O2+. The smallest absolute Gasteiger partial charge is 0.416 e. The molecule has 2 aliphatic rings. The molecule has 144 valence electrons. The largest absolute Gasteiger partial charge is 0.507 e. The number of alkyl halides is 3. The molecule has 1 saturated heterocycles. The van der Waals surface area contributed by atoms with Gasteiger partial charge in [-0.25, -0.2) is 4.98 Å². The lowest BCUT2D eigenvalue weighted by Gasteiger charge is -2.12. The van der Waals surface area contributed by atoms with Crippen molar-refractivity contribution < 1.29 is 27.8 Å². The molecule has 0 spiro atoms.